The van der Waals surface area contributed by atoms with E-state index in [4.69, 9.17) is 9.47 Å². The van der Waals surface area contributed by atoms with Crippen LogP contribution in [0.1, 0.15) is 37.3 Å². The molecule has 3 rings (SSSR count). The number of H-pyrrole nitrogens is 1. The summed E-state index contributed by atoms with van der Waals surface area (Å²) in [6, 6.07) is 14.0. The lowest BCUT2D eigenvalue weighted by Crippen LogP contribution is -2.10. The van der Waals surface area contributed by atoms with Crippen LogP contribution in [0.3, 0.4) is 0 Å². The first-order valence-corrected chi connectivity index (χ1v) is 9.99. The van der Waals surface area contributed by atoms with Crippen molar-refractivity contribution in [2.75, 3.05) is 13.2 Å². The molecule has 1 atom stereocenters. The van der Waals surface area contributed by atoms with E-state index in [0.717, 1.165) is 28.0 Å². The fourth-order valence-electron chi connectivity index (χ4n) is 2.58. The van der Waals surface area contributed by atoms with Crippen molar-refractivity contribution in [1.29, 1.82) is 0 Å². The van der Waals surface area contributed by atoms with Gasteiger partial charge >= 0.3 is 0 Å². The van der Waals surface area contributed by atoms with E-state index in [1.807, 2.05) is 30.3 Å². The minimum Gasteiger partial charge on any atom is -0.490 e. The van der Waals surface area contributed by atoms with Crippen molar-refractivity contribution in [3.63, 3.8) is 0 Å². The SMILES string of the molecule is CCC(C)c1ccc(OCCOc2ccc(Br)cc2/C=N/c2ncn[nH]2)cc1. The zero-order valence-electron chi connectivity index (χ0n) is 15.9. The normalized spacial score (nSPS) is 12.2. The summed E-state index contributed by atoms with van der Waals surface area (Å²) in [4.78, 5) is 8.23. The van der Waals surface area contributed by atoms with Crippen LogP contribution in [0.5, 0.6) is 11.5 Å². The summed E-state index contributed by atoms with van der Waals surface area (Å²) in [5, 5.41) is 6.47. The Morgan fingerprint density at radius 2 is 1.93 bits per heavy atom. The third-order valence-corrected chi connectivity index (χ3v) is 4.86. The second kappa shape index (κ2) is 10.0. The number of hydrogen-bond acceptors (Lipinski definition) is 5. The van der Waals surface area contributed by atoms with Gasteiger partial charge in [0.15, 0.2) is 0 Å². The number of aliphatic imine (C=N–C) groups is 1. The summed E-state index contributed by atoms with van der Waals surface area (Å²) in [6.07, 6.45) is 4.23. The number of aromatic nitrogens is 3. The van der Waals surface area contributed by atoms with Gasteiger partial charge in [0.2, 0.25) is 5.95 Å². The van der Waals surface area contributed by atoms with E-state index < -0.39 is 0 Å². The van der Waals surface area contributed by atoms with Crippen LogP contribution in [-0.4, -0.2) is 34.6 Å². The van der Waals surface area contributed by atoms with Crippen LogP contribution in [0.25, 0.3) is 0 Å². The molecule has 2 aromatic carbocycles. The molecule has 0 aliphatic carbocycles. The summed E-state index contributed by atoms with van der Waals surface area (Å²) in [7, 11) is 0. The smallest absolute Gasteiger partial charge is 0.245 e. The molecule has 0 bridgehead atoms. The van der Waals surface area contributed by atoms with Gasteiger partial charge in [-0.15, -0.1) is 0 Å². The predicted octanol–water partition coefficient (Wildman–Crippen LogP) is 5.29. The van der Waals surface area contributed by atoms with Crippen LogP contribution < -0.4 is 9.47 Å². The van der Waals surface area contributed by atoms with Gasteiger partial charge in [0, 0.05) is 16.3 Å². The number of ether oxygens (including phenoxy) is 2. The molecule has 0 fully saturated rings. The predicted molar refractivity (Wildman–Crippen MR) is 114 cm³/mol. The molecule has 0 aliphatic rings. The van der Waals surface area contributed by atoms with E-state index in [0.29, 0.717) is 25.1 Å². The maximum Gasteiger partial charge on any atom is 0.245 e. The van der Waals surface area contributed by atoms with Crippen molar-refractivity contribution in [2.45, 2.75) is 26.2 Å². The van der Waals surface area contributed by atoms with E-state index in [1.54, 1.807) is 6.21 Å². The summed E-state index contributed by atoms with van der Waals surface area (Å²) < 4.78 is 12.6. The number of halogens is 1. The molecule has 0 radical (unpaired) electrons. The highest BCUT2D eigenvalue weighted by Gasteiger charge is 2.05. The van der Waals surface area contributed by atoms with Gasteiger partial charge in [0.1, 0.15) is 31.0 Å². The summed E-state index contributed by atoms with van der Waals surface area (Å²) >= 11 is 3.47. The van der Waals surface area contributed by atoms with Crippen molar-refractivity contribution in [3.05, 3.63) is 64.4 Å². The summed E-state index contributed by atoms with van der Waals surface area (Å²) in [5.74, 6) is 2.57. The fourth-order valence-corrected chi connectivity index (χ4v) is 2.96. The van der Waals surface area contributed by atoms with Crippen molar-refractivity contribution in [2.24, 2.45) is 4.99 Å². The second-order valence-corrected chi connectivity index (χ2v) is 7.24. The Morgan fingerprint density at radius 1 is 1.14 bits per heavy atom. The van der Waals surface area contributed by atoms with Gasteiger partial charge in [0.05, 0.1) is 0 Å². The Balaban J connectivity index is 1.54. The van der Waals surface area contributed by atoms with Gasteiger partial charge in [-0.3, -0.25) is 0 Å². The Bertz CT molecular complexity index is 895. The standard InChI is InChI=1S/C21H23BrN4O2/c1-3-15(2)16-4-7-19(8-5-16)27-10-11-28-20-9-6-18(22)12-17(20)13-23-21-24-14-25-26-21/h4-9,12-15H,3,10-11H2,1-2H3,(H,24,25,26)/b23-13+. The molecule has 0 saturated carbocycles. The first kappa shape index (κ1) is 20.1. The number of benzene rings is 2. The van der Waals surface area contributed by atoms with Gasteiger partial charge in [-0.2, -0.15) is 10.1 Å². The highest BCUT2D eigenvalue weighted by molar-refractivity contribution is 9.10. The molecule has 1 unspecified atom stereocenters. The van der Waals surface area contributed by atoms with Crippen molar-refractivity contribution >= 4 is 28.1 Å². The van der Waals surface area contributed by atoms with E-state index in [2.05, 4.69) is 62.1 Å². The summed E-state index contributed by atoms with van der Waals surface area (Å²) in [6.45, 7) is 5.31. The largest absolute Gasteiger partial charge is 0.490 e. The molecule has 1 heterocycles. The lowest BCUT2D eigenvalue weighted by atomic mass is 9.99. The Kier molecular flexibility index (Phi) is 7.19. The maximum atomic E-state index is 5.88. The topological polar surface area (TPSA) is 72.4 Å². The molecule has 3 aromatic rings. The minimum atomic E-state index is 0.428. The third kappa shape index (κ3) is 5.66. The van der Waals surface area contributed by atoms with Crippen molar-refractivity contribution in [3.8, 4) is 11.5 Å². The molecule has 7 heteroatoms. The quantitative estimate of drug-likeness (QED) is 0.360. The van der Waals surface area contributed by atoms with E-state index >= 15 is 0 Å². The van der Waals surface area contributed by atoms with Gasteiger partial charge in [-0.25, -0.2) is 10.1 Å². The van der Waals surface area contributed by atoms with Crippen LogP contribution in [0.2, 0.25) is 0 Å². The molecule has 0 aliphatic heterocycles. The van der Waals surface area contributed by atoms with Crippen molar-refractivity contribution < 1.29 is 9.47 Å². The Morgan fingerprint density at radius 3 is 2.64 bits per heavy atom. The number of aromatic amines is 1. The van der Waals surface area contributed by atoms with E-state index in [1.165, 1.54) is 11.9 Å². The molecule has 146 valence electrons. The molecular weight excluding hydrogens is 420 g/mol. The third-order valence-electron chi connectivity index (χ3n) is 4.37. The van der Waals surface area contributed by atoms with Gasteiger partial charge in [-0.1, -0.05) is 41.9 Å². The minimum absolute atomic E-state index is 0.428. The van der Waals surface area contributed by atoms with Crippen molar-refractivity contribution in [1.82, 2.24) is 15.2 Å². The van der Waals surface area contributed by atoms with Crippen LogP contribution in [0, 0.1) is 0 Å². The zero-order chi connectivity index (χ0) is 19.8. The molecule has 0 amide bonds. The first-order chi connectivity index (χ1) is 13.7. The average Bonchev–Trinajstić information content (AvgIpc) is 3.24. The highest BCUT2D eigenvalue weighted by atomic mass is 79.9. The van der Waals surface area contributed by atoms with E-state index in [9.17, 15) is 0 Å². The Hall–Kier alpha value is -2.67. The molecule has 1 N–H and O–H groups in total. The molecular formula is C21H23BrN4O2. The number of hydrogen-bond donors (Lipinski definition) is 1. The number of nitrogens with one attached hydrogen (secondary N) is 1. The molecule has 6 nitrogen and oxygen atoms in total. The molecule has 28 heavy (non-hydrogen) atoms. The first-order valence-electron chi connectivity index (χ1n) is 9.20. The number of nitrogens with zero attached hydrogens (tertiary/aromatic N) is 3. The van der Waals surface area contributed by atoms with Crippen LogP contribution in [0.15, 0.2) is 58.3 Å². The Labute approximate surface area is 173 Å². The lowest BCUT2D eigenvalue weighted by molar-refractivity contribution is 0.217. The molecule has 0 spiro atoms. The van der Waals surface area contributed by atoms with Crippen LogP contribution in [-0.2, 0) is 0 Å². The van der Waals surface area contributed by atoms with Crippen LogP contribution >= 0.6 is 15.9 Å². The second-order valence-electron chi connectivity index (χ2n) is 6.32. The molecule has 0 saturated heterocycles. The highest BCUT2D eigenvalue weighted by Crippen LogP contribution is 2.23. The van der Waals surface area contributed by atoms with Gasteiger partial charge in [-0.05, 0) is 48.2 Å². The summed E-state index contributed by atoms with van der Waals surface area (Å²) in [5.41, 5.74) is 2.17. The zero-order valence-corrected chi connectivity index (χ0v) is 17.5. The van der Waals surface area contributed by atoms with Crippen LogP contribution in [0.4, 0.5) is 5.95 Å². The molecule has 1 aromatic heterocycles. The maximum absolute atomic E-state index is 5.88. The monoisotopic (exact) mass is 442 g/mol. The van der Waals surface area contributed by atoms with Gasteiger partial charge < -0.3 is 9.47 Å². The fraction of sp³-hybridized carbons (Fsp3) is 0.286. The lowest BCUT2D eigenvalue weighted by Gasteiger charge is -2.12. The van der Waals surface area contributed by atoms with E-state index in [-0.39, 0.29) is 0 Å². The van der Waals surface area contributed by atoms with Gasteiger partial charge in [0.25, 0.3) is 0 Å². The average molecular weight is 443 g/mol. The number of rotatable bonds is 9.